The number of rotatable bonds is 20. The number of benzene rings is 4. The van der Waals surface area contributed by atoms with Crippen molar-refractivity contribution in [3.63, 3.8) is 0 Å². The minimum Gasteiger partial charge on any atom is -0.465 e. The molecule has 4 aromatic carbocycles. The molecule has 0 heterocycles. The molecule has 5 atom stereocenters. The molecule has 4 rings (SSSR count). The summed E-state index contributed by atoms with van der Waals surface area (Å²) in [6, 6.07) is 29.9. The molecule has 0 aliphatic rings. The molecule has 0 bridgehead atoms. The molecule has 0 aromatic heterocycles. The van der Waals surface area contributed by atoms with Crippen LogP contribution in [0.3, 0.4) is 0 Å². The van der Waals surface area contributed by atoms with Crippen LogP contribution in [0.15, 0.2) is 84.9 Å². The topological polar surface area (TPSA) is 115 Å². The van der Waals surface area contributed by atoms with Gasteiger partial charge in [0.15, 0.2) is 12.6 Å². The predicted molar refractivity (Wildman–Crippen MR) is 221 cm³/mol. The molecule has 0 saturated carbocycles. The first-order chi connectivity index (χ1) is 24.9. The van der Waals surface area contributed by atoms with Gasteiger partial charge >= 0.3 is 0 Å². The van der Waals surface area contributed by atoms with Crippen molar-refractivity contribution in [1.29, 1.82) is 0 Å². The summed E-state index contributed by atoms with van der Waals surface area (Å²) in [6.45, 7) is 19.5. The van der Waals surface area contributed by atoms with Crippen LogP contribution in [0.5, 0.6) is 11.5 Å². The van der Waals surface area contributed by atoms with E-state index in [1.807, 2.05) is 32.0 Å². The third-order valence-electron chi connectivity index (χ3n) is 10.2. The fourth-order valence-corrected chi connectivity index (χ4v) is 7.42. The molecule has 0 amide bonds. The first-order valence-corrected chi connectivity index (χ1v) is 19.4. The molecular weight excluding hydrogens is 659 g/mol. The van der Waals surface area contributed by atoms with E-state index in [0.717, 1.165) is 48.0 Å². The molecule has 0 radical (unpaired) electrons. The van der Waals surface area contributed by atoms with Gasteiger partial charge < -0.3 is 36.1 Å². The van der Waals surface area contributed by atoms with Crippen molar-refractivity contribution >= 4 is 10.8 Å². The Hall–Kier alpha value is -3.46. The van der Waals surface area contributed by atoms with E-state index in [9.17, 15) is 0 Å². The fraction of sp³-hybridized carbons (Fsp3) is 0.522. The lowest BCUT2D eigenvalue weighted by Gasteiger charge is -2.39. The second-order valence-electron chi connectivity index (χ2n) is 17.0. The minimum absolute atomic E-state index is 0.0389. The summed E-state index contributed by atoms with van der Waals surface area (Å²) in [4.78, 5) is 0. The summed E-state index contributed by atoms with van der Waals surface area (Å²) in [5, 5.41) is 2.25. The van der Waals surface area contributed by atoms with E-state index in [2.05, 4.69) is 115 Å². The minimum atomic E-state index is -0.541. The van der Waals surface area contributed by atoms with Crippen molar-refractivity contribution in [2.24, 2.45) is 23.1 Å². The van der Waals surface area contributed by atoms with Crippen LogP contribution < -0.4 is 26.7 Å². The van der Waals surface area contributed by atoms with Crippen molar-refractivity contribution < 1.29 is 18.9 Å². The number of hydrogen-bond donors (Lipinski definition) is 3. The SMILES string of the molecule is CCOC(C)Oc1ccc2cc(C(CC(C)(C)N)C(C)(N)Cc3ccc(CCC(OC)Oc4ccc(C(CC(C)C)C(C)(C)N)cc4)cc3)ccc2c1. The normalized spacial score (nSPS) is 15.9. The van der Waals surface area contributed by atoms with Gasteiger partial charge in [0.25, 0.3) is 0 Å². The first kappa shape index (κ1) is 42.3. The summed E-state index contributed by atoms with van der Waals surface area (Å²) in [5.41, 5.74) is 24.1. The van der Waals surface area contributed by atoms with Crippen molar-refractivity contribution in [1.82, 2.24) is 0 Å². The van der Waals surface area contributed by atoms with Crippen LogP contribution in [0.1, 0.15) is 116 Å². The molecule has 7 heteroatoms. The zero-order valence-corrected chi connectivity index (χ0v) is 34.1. The maximum atomic E-state index is 7.25. The fourth-order valence-electron chi connectivity index (χ4n) is 7.42. The Morgan fingerprint density at radius 1 is 0.660 bits per heavy atom. The van der Waals surface area contributed by atoms with Crippen LogP contribution in [0.2, 0.25) is 0 Å². The average Bonchev–Trinajstić information content (AvgIpc) is 3.08. The lowest BCUT2D eigenvalue weighted by molar-refractivity contribution is -0.0612. The van der Waals surface area contributed by atoms with Gasteiger partial charge in [0.2, 0.25) is 0 Å². The Bertz CT molecular complexity index is 1700. The number of methoxy groups -OCH3 is 1. The third kappa shape index (κ3) is 12.8. The summed E-state index contributed by atoms with van der Waals surface area (Å²) < 4.78 is 23.5. The molecule has 7 nitrogen and oxygen atoms in total. The zero-order chi connectivity index (χ0) is 39.0. The van der Waals surface area contributed by atoms with Crippen LogP contribution in [0, 0.1) is 5.92 Å². The van der Waals surface area contributed by atoms with Crippen molar-refractivity contribution in [2.75, 3.05) is 13.7 Å². The molecule has 4 aromatic rings. The summed E-state index contributed by atoms with van der Waals surface area (Å²) in [6.07, 6.45) is 3.40. The Morgan fingerprint density at radius 2 is 1.25 bits per heavy atom. The largest absolute Gasteiger partial charge is 0.465 e. The highest BCUT2D eigenvalue weighted by Gasteiger charge is 2.35. The number of aryl methyl sites for hydroxylation is 1. The maximum absolute atomic E-state index is 7.25. The van der Waals surface area contributed by atoms with Gasteiger partial charge in [-0.05, 0) is 137 Å². The van der Waals surface area contributed by atoms with E-state index >= 15 is 0 Å². The Balaban J connectivity index is 1.41. The smallest absolute Gasteiger partial charge is 0.199 e. The molecule has 0 fully saturated rings. The highest BCUT2D eigenvalue weighted by Crippen LogP contribution is 2.38. The van der Waals surface area contributed by atoms with Crippen LogP contribution in [-0.4, -0.2) is 42.9 Å². The van der Waals surface area contributed by atoms with Gasteiger partial charge in [-0.25, -0.2) is 0 Å². The molecule has 290 valence electrons. The molecule has 0 aliphatic heterocycles. The average molecular weight is 726 g/mol. The number of fused-ring (bicyclic) bond motifs is 1. The standard InChI is InChI=1S/C46H67N3O4/c1-11-51-32(4)52-40-24-21-36-27-38(18-17-37(36)28-40)42(30-44(5,6)47)46(9,49)29-34-14-12-33(13-15-34)16-25-43(50-10)53-39-22-19-35(20-23-39)41(26-31(2)3)45(7,8)48/h12-15,17-24,27-28,31-32,41-43H,11,16,25-26,29-30,47-49H2,1-10H3. The Kier molecular flexibility index (Phi) is 14.6. The molecule has 53 heavy (non-hydrogen) atoms. The molecule has 5 unspecified atom stereocenters. The van der Waals surface area contributed by atoms with Gasteiger partial charge in [-0.2, -0.15) is 0 Å². The highest BCUT2D eigenvalue weighted by atomic mass is 16.7. The van der Waals surface area contributed by atoms with Crippen molar-refractivity contribution in [3.05, 3.63) is 107 Å². The van der Waals surface area contributed by atoms with Gasteiger partial charge in [-0.1, -0.05) is 74.5 Å². The monoisotopic (exact) mass is 726 g/mol. The number of nitrogens with two attached hydrogens (primary N) is 3. The van der Waals surface area contributed by atoms with Crippen molar-refractivity contribution in [3.8, 4) is 11.5 Å². The molecule has 0 aliphatic carbocycles. The third-order valence-corrected chi connectivity index (χ3v) is 10.2. The second-order valence-corrected chi connectivity index (χ2v) is 17.0. The van der Waals surface area contributed by atoms with Gasteiger partial charge in [0.1, 0.15) is 11.5 Å². The van der Waals surface area contributed by atoms with E-state index in [1.54, 1.807) is 7.11 Å². The lowest BCUT2D eigenvalue weighted by atomic mass is 9.72. The van der Waals surface area contributed by atoms with Crippen molar-refractivity contribution in [2.45, 2.75) is 135 Å². The quantitative estimate of drug-likeness (QED) is 0.0778. The number of hydrogen-bond acceptors (Lipinski definition) is 7. The van der Waals surface area contributed by atoms with Crippen LogP contribution in [-0.2, 0) is 22.3 Å². The Labute approximate surface area is 319 Å². The van der Waals surface area contributed by atoms with Gasteiger partial charge in [-0.3, -0.25) is 0 Å². The van der Waals surface area contributed by atoms with E-state index in [4.69, 9.17) is 36.1 Å². The van der Waals surface area contributed by atoms with E-state index < -0.39 is 11.1 Å². The lowest BCUT2D eigenvalue weighted by Crippen LogP contribution is -2.48. The summed E-state index contributed by atoms with van der Waals surface area (Å²) in [5.74, 6) is 2.46. The van der Waals surface area contributed by atoms with Crippen LogP contribution in [0.4, 0.5) is 0 Å². The molecule has 0 spiro atoms. The first-order valence-electron chi connectivity index (χ1n) is 19.4. The highest BCUT2D eigenvalue weighted by molar-refractivity contribution is 5.84. The van der Waals surface area contributed by atoms with Gasteiger partial charge in [0.05, 0.1) is 0 Å². The Morgan fingerprint density at radius 3 is 1.83 bits per heavy atom. The summed E-state index contributed by atoms with van der Waals surface area (Å²) >= 11 is 0. The molecule has 0 saturated heterocycles. The van der Waals surface area contributed by atoms with E-state index in [-0.39, 0.29) is 30.0 Å². The van der Waals surface area contributed by atoms with E-state index in [0.29, 0.717) is 18.9 Å². The van der Waals surface area contributed by atoms with Crippen LogP contribution in [0.25, 0.3) is 10.8 Å². The molecule has 6 N–H and O–H groups in total. The summed E-state index contributed by atoms with van der Waals surface area (Å²) in [7, 11) is 1.70. The van der Waals surface area contributed by atoms with Gasteiger partial charge in [-0.15, -0.1) is 0 Å². The van der Waals surface area contributed by atoms with Gasteiger partial charge in [0, 0.05) is 48.6 Å². The molecular formula is C46H67N3O4. The maximum Gasteiger partial charge on any atom is 0.199 e. The predicted octanol–water partition coefficient (Wildman–Crippen LogP) is 9.62. The number of ether oxygens (including phenoxy) is 4. The zero-order valence-electron chi connectivity index (χ0n) is 34.1. The van der Waals surface area contributed by atoms with E-state index in [1.165, 1.54) is 22.3 Å². The van der Waals surface area contributed by atoms with Crippen LogP contribution >= 0.6 is 0 Å². The second kappa shape index (κ2) is 18.2.